The van der Waals surface area contributed by atoms with Crippen LogP contribution in [0.5, 0.6) is 0 Å². The Labute approximate surface area is 102 Å². The molecular weight excluding hydrogens is 247 g/mol. The van der Waals surface area contributed by atoms with E-state index in [0.717, 1.165) is 0 Å². The highest BCUT2D eigenvalue weighted by atomic mass is 31.2. The molecule has 0 amide bonds. The van der Waals surface area contributed by atoms with E-state index in [0.29, 0.717) is 13.2 Å². The fourth-order valence-electron chi connectivity index (χ4n) is 1.20. The summed E-state index contributed by atoms with van der Waals surface area (Å²) >= 11 is 0. The minimum Gasteiger partial charge on any atom is -0.481 e. The molecule has 0 aliphatic rings. The fraction of sp³-hybridized carbons (Fsp3) is 0.800. The van der Waals surface area contributed by atoms with E-state index in [9.17, 15) is 9.59 Å². The second-order valence-corrected chi connectivity index (χ2v) is 4.87. The molecule has 2 N–H and O–H groups in total. The van der Waals surface area contributed by atoms with Crippen LogP contribution in [-0.2, 0) is 18.6 Å². The number of rotatable bonds is 10. The highest BCUT2D eigenvalue weighted by molar-refractivity contribution is 7.47. The summed E-state index contributed by atoms with van der Waals surface area (Å²) in [5, 5.41) is 17.5. The quantitative estimate of drug-likeness (QED) is 0.587. The van der Waals surface area contributed by atoms with Gasteiger partial charge >= 0.3 is 11.9 Å². The molecule has 0 spiro atoms. The minimum absolute atomic E-state index is 0.101. The van der Waals surface area contributed by atoms with Crippen molar-refractivity contribution in [2.45, 2.75) is 26.7 Å². The van der Waals surface area contributed by atoms with E-state index in [4.69, 9.17) is 19.3 Å². The van der Waals surface area contributed by atoms with Gasteiger partial charge in [-0.2, -0.15) is 0 Å². The van der Waals surface area contributed by atoms with E-state index in [2.05, 4.69) is 0 Å². The molecule has 0 aromatic carbocycles. The molecular formula is C10H19O6P. The molecule has 0 saturated carbocycles. The Balaban J connectivity index is 4.27. The number of carboxylic acid groups (broad SMARTS) is 2. The number of hydrogen-bond acceptors (Lipinski definition) is 4. The normalized spacial score (nSPS) is 12.6. The Hall–Kier alpha value is -0.710. The predicted molar refractivity (Wildman–Crippen MR) is 63.0 cm³/mol. The SMILES string of the molecule is CCOP(CC(CCC(=O)O)C(=O)O)OCC. The van der Waals surface area contributed by atoms with Crippen molar-refractivity contribution in [2.75, 3.05) is 19.4 Å². The van der Waals surface area contributed by atoms with Gasteiger partial charge in [0.05, 0.1) is 19.1 Å². The van der Waals surface area contributed by atoms with Crippen LogP contribution >= 0.6 is 8.38 Å². The average Bonchev–Trinajstić information content (AvgIpc) is 2.23. The van der Waals surface area contributed by atoms with Gasteiger partial charge in [-0.3, -0.25) is 9.59 Å². The van der Waals surface area contributed by atoms with E-state index < -0.39 is 26.2 Å². The largest absolute Gasteiger partial charge is 0.481 e. The summed E-state index contributed by atoms with van der Waals surface area (Å²) in [6.45, 7) is 4.52. The van der Waals surface area contributed by atoms with E-state index in [-0.39, 0.29) is 19.0 Å². The lowest BCUT2D eigenvalue weighted by Gasteiger charge is -2.19. The molecule has 7 heteroatoms. The lowest BCUT2D eigenvalue weighted by Crippen LogP contribution is -2.19. The Morgan fingerprint density at radius 3 is 2.06 bits per heavy atom. The third-order valence-corrected chi connectivity index (χ3v) is 3.80. The third-order valence-electron chi connectivity index (χ3n) is 1.97. The van der Waals surface area contributed by atoms with Crippen molar-refractivity contribution in [1.29, 1.82) is 0 Å². The molecule has 0 fully saturated rings. The van der Waals surface area contributed by atoms with Gasteiger partial charge in [-0.05, 0) is 20.3 Å². The predicted octanol–water partition coefficient (Wildman–Crippen LogP) is 1.94. The van der Waals surface area contributed by atoms with Crippen LogP contribution in [-0.4, -0.2) is 41.5 Å². The van der Waals surface area contributed by atoms with Crippen molar-refractivity contribution in [3.63, 3.8) is 0 Å². The van der Waals surface area contributed by atoms with E-state index in [1.54, 1.807) is 13.8 Å². The summed E-state index contributed by atoms with van der Waals surface area (Å²) in [7, 11) is -1.24. The second-order valence-electron chi connectivity index (χ2n) is 3.32. The molecule has 1 atom stereocenters. The first-order chi connectivity index (χ1) is 8.01. The van der Waals surface area contributed by atoms with Crippen LogP contribution in [0.1, 0.15) is 26.7 Å². The molecule has 100 valence electrons. The van der Waals surface area contributed by atoms with Crippen molar-refractivity contribution < 1.29 is 28.8 Å². The van der Waals surface area contributed by atoms with Crippen LogP contribution in [0.4, 0.5) is 0 Å². The van der Waals surface area contributed by atoms with Crippen LogP contribution in [0.3, 0.4) is 0 Å². The van der Waals surface area contributed by atoms with Crippen LogP contribution in [0.15, 0.2) is 0 Å². The minimum atomic E-state index is -1.24. The van der Waals surface area contributed by atoms with Crippen LogP contribution in [0.25, 0.3) is 0 Å². The molecule has 0 bridgehead atoms. The van der Waals surface area contributed by atoms with E-state index in [1.165, 1.54) is 0 Å². The monoisotopic (exact) mass is 266 g/mol. The number of carbonyl (C=O) groups is 2. The van der Waals surface area contributed by atoms with Gasteiger partial charge in [-0.1, -0.05) is 0 Å². The Morgan fingerprint density at radius 1 is 1.18 bits per heavy atom. The molecule has 0 aliphatic carbocycles. The fourth-order valence-corrected chi connectivity index (χ4v) is 2.76. The first-order valence-corrected chi connectivity index (χ1v) is 6.85. The molecule has 17 heavy (non-hydrogen) atoms. The summed E-state index contributed by atoms with van der Waals surface area (Å²) in [6.07, 6.45) is 0.182. The van der Waals surface area contributed by atoms with Gasteiger partial charge in [0.25, 0.3) is 0 Å². The van der Waals surface area contributed by atoms with Crippen LogP contribution in [0, 0.1) is 5.92 Å². The molecule has 1 unspecified atom stereocenters. The second kappa shape index (κ2) is 9.33. The Bertz CT molecular complexity index is 239. The molecule has 0 aliphatic heterocycles. The zero-order valence-electron chi connectivity index (χ0n) is 10.1. The van der Waals surface area contributed by atoms with Crippen molar-refractivity contribution >= 4 is 20.3 Å². The molecule has 0 radical (unpaired) electrons. The summed E-state index contributed by atoms with van der Waals surface area (Å²) in [5.41, 5.74) is 0. The van der Waals surface area contributed by atoms with Gasteiger partial charge < -0.3 is 19.3 Å². The smallest absolute Gasteiger partial charge is 0.307 e. The van der Waals surface area contributed by atoms with Crippen molar-refractivity contribution in [1.82, 2.24) is 0 Å². The first kappa shape index (κ1) is 16.3. The summed E-state index contributed by atoms with van der Waals surface area (Å²) in [4.78, 5) is 21.4. The summed E-state index contributed by atoms with van der Waals surface area (Å²) in [5.74, 6) is -2.72. The first-order valence-electron chi connectivity index (χ1n) is 5.49. The van der Waals surface area contributed by atoms with Crippen molar-refractivity contribution in [3.05, 3.63) is 0 Å². The molecule has 0 saturated heterocycles. The highest BCUT2D eigenvalue weighted by Crippen LogP contribution is 2.40. The van der Waals surface area contributed by atoms with Gasteiger partial charge in [0.1, 0.15) is 0 Å². The van der Waals surface area contributed by atoms with Crippen LogP contribution < -0.4 is 0 Å². The highest BCUT2D eigenvalue weighted by Gasteiger charge is 2.24. The number of aliphatic carboxylic acids is 2. The van der Waals surface area contributed by atoms with Crippen molar-refractivity contribution in [3.8, 4) is 0 Å². The number of hydrogen-bond donors (Lipinski definition) is 2. The molecule has 0 rings (SSSR count). The molecule has 0 aromatic heterocycles. The maximum absolute atomic E-state index is 11.0. The Kier molecular flexibility index (Phi) is 8.94. The zero-order valence-corrected chi connectivity index (χ0v) is 11.0. The van der Waals surface area contributed by atoms with E-state index >= 15 is 0 Å². The standard InChI is InChI=1S/C10H19O6P/c1-3-15-17(16-4-2)7-8(10(13)14)5-6-9(11)12/h8H,3-7H2,1-2H3,(H,11,12)(H,13,14). The lowest BCUT2D eigenvalue weighted by atomic mass is 10.1. The summed E-state index contributed by atoms with van der Waals surface area (Å²) in [6, 6.07) is 0. The Morgan fingerprint density at radius 2 is 1.71 bits per heavy atom. The lowest BCUT2D eigenvalue weighted by molar-refractivity contribution is -0.142. The zero-order chi connectivity index (χ0) is 13.3. The van der Waals surface area contributed by atoms with Gasteiger partial charge in [0.15, 0.2) is 8.38 Å². The van der Waals surface area contributed by atoms with Gasteiger partial charge in [0, 0.05) is 12.6 Å². The van der Waals surface area contributed by atoms with Crippen LogP contribution in [0.2, 0.25) is 0 Å². The molecule has 0 aromatic rings. The van der Waals surface area contributed by atoms with Gasteiger partial charge in [-0.25, -0.2) is 0 Å². The molecule has 6 nitrogen and oxygen atoms in total. The van der Waals surface area contributed by atoms with Gasteiger partial charge in [-0.15, -0.1) is 0 Å². The summed E-state index contributed by atoms with van der Waals surface area (Å²) < 4.78 is 10.6. The third kappa shape index (κ3) is 8.07. The van der Waals surface area contributed by atoms with Gasteiger partial charge in [0.2, 0.25) is 0 Å². The maximum atomic E-state index is 11.0. The topological polar surface area (TPSA) is 93.1 Å². The number of carboxylic acids is 2. The maximum Gasteiger partial charge on any atom is 0.307 e. The molecule has 0 heterocycles. The van der Waals surface area contributed by atoms with Crippen molar-refractivity contribution in [2.24, 2.45) is 5.92 Å². The van der Waals surface area contributed by atoms with E-state index in [1.807, 2.05) is 0 Å². The average molecular weight is 266 g/mol.